The van der Waals surface area contributed by atoms with Crippen molar-refractivity contribution in [2.24, 2.45) is 0 Å². The largest absolute Gasteiger partial charge is 0.378 e. The number of anilines is 1. The van der Waals surface area contributed by atoms with Crippen molar-refractivity contribution in [3.05, 3.63) is 84.0 Å². The summed E-state index contributed by atoms with van der Waals surface area (Å²) in [5.74, 6) is 0.0169. The van der Waals surface area contributed by atoms with Gasteiger partial charge in [-0.3, -0.25) is 4.79 Å². The summed E-state index contributed by atoms with van der Waals surface area (Å²) in [6, 6.07) is 17.5. The molecule has 0 bridgehead atoms. The van der Waals surface area contributed by atoms with Gasteiger partial charge in [0.1, 0.15) is 0 Å². The molecule has 0 radical (unpaired) electrons. The molecular weight excluding hydrogens is 258 g/mol. The van der Waals surface area contributed by atoms with E-state index >= 15 is 0 Å². The van der Waals surface area contributed by atoms with Crippen LogP contribution in [-0.4, -0.2) is 19.9 Å². The summed E-state index contributed by atoms with van der Waals surface area (Å²) < 4.78 is 0. The summed E-state index contributed by atoms with van der Waals surface area (Å²) in [4.78, 5) is 13.9. The first kappa shape index (κ1) is 14.8. The molecule has 21 heavy (non-hydrogen) atoms. The van der Waals surface area contributed by atoms with Crippen molar-refractivity contribution in [2.45, 2.75) is 0 Å². The van der Waals surface area contributed by atoms with Crippen LogP contribution in [0, 0.1) is 0 Å². The second kappa shape index (κ2) is 7.25. The summed E-state index contributed by atoms with van der Waals surface area (Å²) in [6.07, 6.45) is 7.22. The van der Waals surface area contributed by atoms with Gasteiger partial charge in [-0.2, -0.15) is 0 Å². The molecule has 0 aromatic heterocycles. The molecule has 0 heterocycles. The molecule has 0 saturated heterocycles. The topological polar surface area (TPSA) is 20.3 Å². The molecular formula is C19H19NO. The lowest BCUT2D eigenvalue weighted by atomic mass is 10.1. The van der Waals surface area contributed by atoms with Gasteiger partial charge in [-0.1, -0.05) is 60.7 Å². The van der Waals surface area contributed by atoms with E-state index in [1.54, 1.807) is 12.2 Å². The van der Waals surface area contributed by atoms with Crippen LogP contribution in [-0.2, 0) is 0 Å². The number of rotatable bonds is 5. The third kappa shape index (κ3) is 4.46. The van der Waals surface area contributed by atoms with Crippen LogP contribution in [0.3, 0.4) is 0 Å². The van der Waals surface area contributed by atoms with Gasteiger partial charge in [0.05, 0.1) is 0 Å². The lowest BCUT2D eigenvalue weighted by Crippen LogP contribution is -2.07. The Morgan fingerprint density at radius 1 is 0.905 bits per heavy atom. The highest BCUT2D eigenvalue weighted by atomic mass is 16.1. The van der Waals surface area contributed by atoms with E-state index in [0.717, 1.165) is 5.56 Å². The van der Waals surface area contributed by atoms with Crippen LogP contribution < -0.4 is 4.90 Å². The summed E-state index contributed by atoms with van der Waals surface area (Å²) in [5, 5.41) is 0. The Bertz CT molecular complexity index is 637. The number of benzene rings is 2. The maximum Gasteiger partial charge on any atom is 0.185 e. The van der Waals surface area contributed by atoms with E-state index in [1.165, 1.54) is 5.69 Å². The van der Waals surface area contributed by atoms with Crippen LogP contribution >= 0.6 is 0 Å². The molecule has 0 aliphatic heterocycles. The van der Waals surface area contributed by atoms with Crippen molar-refractivity contribution in [1.29, 1.82) is 0 Å². The second-order valence-corrected chi connectivity index (χ2v) is 4.93. The number of hydrogen-bond acceptors (Lipinski definition) is 2. The van der Waals surface area contributed by atoms with Crippen LogP contribution in [0.1, 0.15) is 15.9 Å². The highest BCUT2D eigenvalue weighted by Gasteiger charge is 1.97. The first-order valence-corrected chi connectivity index (χ1v) is 6.88. The van der Waals surface area contributed by atoms with E-state index in [9.17, 15) is 4.79 Å². The molecule has 0 fully saturated rings. The van der Waals surface area contributed by atoms with Crippen molar-refractivity contribution in [3.63, 3.8) is 0 Å². The smallest absolute Gasteiger partial charge is 0.185 e. The molecule has 0 amide bonds. The minimum Gasteiger partial charge on any atom is -0.378 e. The number of carbonyl (C=O) groups excluding carboxylic acids is 1. The predicted octanol–water partition coefficient (Wildman–Crippen LogP) is 4.20. The zero-order chi connectivity index (χ0) is 15.1. The molecule has 2 aromatic carbocycles. The van der Waals surface area contributed by atoms with Gasteiger partial charge in [-0.05, 0) is 23.8 Å². The molecule has 2 heteroatoms. The van der Waals surface area contributed by atoms with Crippen LogP contribution in [0.2, 0.25) is 0 Å². The number of allylic oxidation sites excluding steroid dienone is 3. The molecule has 2 nitrogen and oxygen atoms in total. The zero-order valence-electron chi connectivity index (χ0n) is 12.4. The maximum absolute atomic E-state index is 11.8. The summed E-state index contributed by atoms with van der Waals surface area (Å²) >= 11 is 0. The van der Waals surface area contributed by atoms with Crippen molar-refractivity contribution < 1.29 is 4.79 Å². The Morgan fingerprint density at radius 2 is 1.57 bits per heavy atom. The van der Waals surface area contributed by atoms with Gasteiger partial charge >= 0.3 is 0 Å². The average molecular weight is 277 g/mol. The molecule has 0 aliphatic carbocycles. The van der Waals surface area contributed by atoms with Gasteiger partial charge in [0, 0.05) is 25.3 Å². The fraction of sp³-hybridized carbons (Fsp3) is 0.105. The summed E-state index contributed by atoms with van der Waals surface area (Å²) in [7, 11) is 4.03. The van der Waals surface area contributed by atoms with Crippen LogP contribution in [0.5, 0.6) is 0 Å². The Labute approximate surface area is 126 Å². The fourth-order valence-corrected chi connectivity index (χ4v) is 1.89. The van der Waals surface area contributed by atoms with Crippen LogP contribution in [0.15, 0.2) is 72.8 Å². The summed E-state index contributed by atoms with van der Waals surface area (Å²) in [5.41, 5.74) is 2.98. The first-order valence-electron chi connectivity index (χ1n) is 6.88. The molecule has 2 rings (SSSR count). The van der Waals surface area contributed by atoms with E-state index in [1.807, 2.05) is 56.6 Å². The molecule has 0 saturated carbocycles. The minimum atomic E-state index is 0.0169. The molecule has 0 N–H and O–H groups in total. The molecule has 0 unspecified atom stereocenters. The van der Waals surface area contributed by atoms with E-state index in [-0.39, 0.29) is 5.78 Å². The Kier molecular flexibility index (Phi) is 5.10. The molecule has 2 aromatic rings. The van der Waals surface area contributed by atoms with Gasteiger partial charge in [0.25, 0.3) is 0 Å². The Balaban J connectivity index is 1.96. The quantitative estimate of drug-likeness (QED) is 0.463. The molecule has 106 valence electrons. The third-order valence-electron chi connectivity index (χ3n) is 3.12. The van der Waals surface area contributed by atoms with Crippen molar-refractivity contribution >= 4 is 17.5 Å². The predicted molar refractivity (Wildman–Crippen MR) is 89.7 cm³/mol. The van der Waals surface area contributed by atoms with Gasteiger partial charge in [-0.15, -0.1) is 0 Å². The highest BCUT2D eigenvalue weighted by Crippen LogP contribution is 2.13. The van der Waals surface area contributed by atoms with Crippen molar-refractivity contribution in [1.82, 2.24) is 0 Å². The highest BCUT2D eigenvalue weighted by molar-refractivity contribution is 6.04. The minimum absolute atomic E-state index is 0.0169. The van der Waals surface area contributed by atoms with Gasteiger partial charge in [0.15, 0.2) is 5.78 Å². The van der Waals surface area contributed by atoms with E-state index < -0.39 is 0 Å². The van der Waals surface area contributed by atoms with Gasteiger partial charge < -0.3 is 4.90 Å². The number of nitrogens with zero attached hydrogens (tertiary/aromatic N) is 1. The Hall–Kier alpha value is -2.61. The van der Waals surface area contributed by atoms with E-state index in [2.05, 4.69) is 29.2 Å². The number of carbonyl (C=O) groups is 1. The third-order valence-corrected chi connectivity index (χ3v) is 3.12. The Morgan fingerprint density at radius 3 is 2.19 bits per heavy atom. The maximum atomic E-state index is 11.8. The average Bonchev–Trinajstić information content (AvgIpc) is 2.52. The SMILES string of the molecule is CN(C)c1ccc(/C=C/C=C\C(=O)c2ccccc2)cc1. The van der Waals surface area contributed by atoms with Crippen molar-refractivity contribution in [2.75, 3.05) is 19.0 Å². The molecule has 0 aliphatic rings. The van der Waals surface area contributed by atoms with Crippen LogP contribution in [0.4, 0.5) is 5.69 Å². The fourth-order valence-electron chi connectivity index (χ4n) is 1.89. The van der Waals surface area contributed by atoms with Gasteiger partial charge in [-0.25, -0.2) is 0 Å². The number of hydrogen-bond donors (Lipinski definition) is 0. The van der Waals surface area contributed by atoms with Gasteiger partial charge in [0.2, 0.25) is 0 Å². The van der Waals surface area contributed by atoms with E-state index in [0.29, 0.717) is 5.56 Å². The second-order valence-electron chi connectivity index (χ2n) is 4.93. The molecule has 0 atom stereocenters. The monoisotopic (exact) mass is 277 g/mol. The lowest BCUT2D eigenvalue weighted by molar-refractivity contribution is 0.104. The lowest BCUT2D eigenvalue weighted by Gasteiger charge is -2.11. The first-order chi connectivity index (χ1) is 10.2. The normalized spacial score (nSPS) is 11.1. The number of ketones is 1. The molecule has 0 spiro atoms. The van der Waals surface area contributed by atoms with Crippen LogP contribution in [0.25, 0.3) is 6.08 Å². The standard InChI is InChI=1S/C19H19NO/c1-20(2)18-14-12-16(13-15-18)8-6-7-11-19(21)17-9-4-3-5-10-17/h3-15H,1-2H3/b8-6+,11-7-. The van der Waals surface area contributed by atoms with Crippen molar-refractivity contribution in [3.8, 4) is 0 Å². The zero-order valence-corrected chi connectivity index (χ0v) is 12.4. The summed E-state index contributed by atoms with van der Waals surface area (Å²) in [6.45, 7) is 0. The van der Waals surface area contributed by atoms with E-state index in [4.69, 9.17) is 0 Å².